The van der Waals surface area contributed by atoms with E-state index in [9.17, 15) is 0 Å². The van der Waals surface area contributed by atoms with E-state index in [1.807, 2.05) is 7.05 Å². The van der Waals surface area contributed by atoms with Crippen LogP contribution in [0.15, 0.2) is 34.1 Å². The average molecular weight is 324 g/mol. The highest BCUT2D eigenvalue weighted by molar-refractivity contribution is 9.10. The Morgan fingerprint density at radius 1 is 1.44 bits per heavy atom. The second kappa shape index (κ2) is 5.03. The molecule has 1 aromatic carbocycles. The van der Waals surface area contributed by atoms with Gasteiger partial charge in [-0.25, -0.2) is 0 Å². The normalized spacial score (nSPS) is 15.2. The van der Waals surface area contributed by atoms with Crippen molar-refractivity contribution in [1.82, 2.24) is 5.32 Å². The van der Waals surface area contributed by atoms with Crippen LogP contribution in [0.25, 0.3) is 0 Å². The lowest BCUT2D eigenvalue weighted by atomic mass is 10.0. The molecule has 1 aliphatic rings. The number of halogens is 1. The van der Waals surface area contributed by atoms with Gasteiger partial charge in [-0.3, -0.25) is 0 Å². The molecule has 94 valence electrons. The number of rotatable bonds is 3. The third-order valence-electron chi connectivity index (χ3n) is 3.22. The van der Waals surface area contributed by atoms with Gasteiger partial charge >= 0.3 is 0 Å². The predicted octanol–water partition coefficient (Wildman–Crippen LogP) is 3.75. The molecule has 4 heteroatoms. The third-order valence-corrected chi connectivity index (χ3v) is 4.98. The summed E-state index contributed by atoms with van der Waals surface area (Å²) in [4.78, 5) is 1.30. The topological polar surface area (TPSA) is 21.3 Å². The first-order chi connectivity index (χ1) is 8.79. The summed E-state index contributed by atoms with van der Waals surface area (Å²) in [6.45, 7) is 0.802. The molecule has 1 aromatic heterocycles. The van der Waals surface area contributed by atoms with Crippen molar-refractivity contribution in [3.63, 3.8) is 0 Å². The van der Waals surface area contributed by atoms with Gasteiger partial charge in [0.1, 0.15) is 5.75 Å². The van der Waals surface area contributed by atoms with Crippen LogP contribution in [0, 0.1) is 0 Å². The number of fused-ring (bicyclic) bond motifs is 1. The van der Waals surface area contributed by atoms with Gasteiger partial charge in [0.15, 0.2) is 0 Å². The molecular formula is C14H14BrNOS. The Kier molecular flexibility index (Phi) is 3.41. The SMILES string of the molecule is CNC(c1cc(Br)cs1)c1cccc2c1OCC2. The van der Waals surface area contributed by atoms with E-state index in [4.69, 9.17) is 4.74 Å². The molecule has 1 atom stereocenters. The molecule has 0 spiro atoms. The first-order valence-electron chi connectivity index (χ1n) is 5.95. The molecular weight excluding hydrogens is 310 g/mol. The van der Waals surface area contributed by atoms with Gasteiger partial charge in [-0.2, -0.15) is 0 Å². The Balaban J connectivity index is 2.05. The number of nitrogens with one attached hydrogen (secondary N) is 1. The Morgan fingerprint density at radius 2 is 2.33 bits per heavy atom. The van der Waals surface area contributed by atoms with Crippen molar-refractivity contribution in [2.75, 3.05) is 13.7 Å². The van der Waals surface area contributed by atoms with Crippen LogP contribution in [0.2, 0.25) is 0 Å². The molecule has 0 fully saturated rings. The molecule has 18 heavy (non-hydrogen) atoms. The second-order valence-corrected chi connectivity index (χ2v) is 6.18. The van der Waals surface area contributed by atoms with Crippen molar-refractivity contribution in [1.29, 1.82) is 0 Å². The van der Waals surface area contributed by atoms with Gasteiger partial charge in [-0.1, -0.05) is 18.2 Å². The van der Waals surface area contributed by atoms with Gasteiger partial charge in [0.2, 0.25) is 0 Å². The Bertz CT molecular complexity index is 567. The van der Waals surface area contributed by atoms with Crippen molar-refractivity contribution in [2.45, 2.75) is 12.5 Å². The number of ether oxygens (including phenoxy) is 1. The molecule has 0 saturated carbocycles. The summed E-state index contributed by atoms with van der Waals surface area (Å²) >= 11 is 5.27. The van der Waals surface area contributed by atoms with E-state index in [0.717, 1.165) is 23.2 Å². The van der Waals surface area contributed by atoms with Crippen LogP contribution >= 0.6 is 27.3 Å². The van der Waals surface area contributed by atoms with E-state index in [0.29, 0.717) is 0 Å². The fraction of sp³-hybridized carbons (Fsp3) is 0.286. The maximum absolute atomic E-state index is 5.79. The molecule has 3 rings (SSSR count). The average Bonchev–Trinajstić information content (AvgIpc) is 2.99. The molecule has 0 amide bonds. The monoisotopic (exact) mass is 323 g/mol. The maximum Gasteiger partial charge on any atom is 0.127 e. The highest BCUT2D eigenvalue weighted by atomic mass is 79.9. The lowest BCUT2D eigenvalue weighted by molar-refractivity contribution is 0.351. The number of para-hydroxylation sites is 1. The molecule has 1 aliphatic heterocycles. The molecule has 2 aromatic rings. The van der Waals surface area contributed by atoms with Crippen molar-refractivity contribution in [2.24, 2.45) is 0 Å². The van der Waals surface area contributed by atoms with Crippen LogP contribution in [-0.2, 0) is 6.42 Å². The van der Waals surface area contributed by atoms with Crippen LogP contribution in [0.5, 0.6) is 5.75 Å². The first kappa shape index (κ1) is 12.2. The van der Waals surface area contributed by atoms with Crippen molar-refractivity contribution < 1.29 is 4.74 Å². The Hall–Kier alpha value is -0.840. The fourth-order valence-electron chi connectivity index (χ4n) is 2.40. The van der Waals surface area contributed by atoms with E-state index < -0.39 is 0 Å². The first-order valence-corrected chi connectivity index (χ1v) is 7.62. The van der Waals surface area contributed by atoms with E-state index >= 15 is 0 Å². The molecule has 1 N–H and O–H groups in total. The minimum atomic E-state index is 0.203. The van der Waals surface area contributed by atoms with E-state index in [1.165, 1.54) is 16.0 Å². The minimum absolute atomic E-state index is 0.203. The van der Waals surface area contributed by atoms with Gasteiger partial charge < -0.3 is 10.1 Å². The summed E-state index contributed by atoms with van der Waals surface area (Å²) in [6.07, 6.45) is 1.02. The Morgan fingerprint density at radius 3 is 3.06 bits per heavy atom. The number of hydrogen-bond acceptors (Lipinski definition) is 3. The molecule has 0 bridgehead atoms. The third kappa shape index (κ3) is 2.09. The minimum Gasteiger partial charge on any atom is -0.493 e. The zero-order chi connectivity index (χ0) is 12.5. The largest absolute Gasteiger partial charge is 0.493 e. The summed E-state index contributed by atoms with van der Waals surface area (Å²) < 4.78 is 6.93. The quantitative estimate of drug-likeness (QED) is 0.928. The van der Waals surface area contributed by atoms with Crippen molar-refractivity contribution >= 4 is 27.3 Å². The van der Waals surface area contributed by atoms with Gasteiger partial charge in [0, 0.05) is 26.7 Å². The van der Waals surface area contributed by atoms with Crippen LogP contribution in [0.4, 0.5) is 0 Å². The van der Waals surface area contributed by atoms with Gasteiger partial charge in [-0.05, 0) is 34.6 Å². The lowest BCUT2D eigenvalue weighted by Gasteiger charge is -2.18. The lowest BCUT2D eigenvalue weighted by Crippen LogP contribution is -2.17. The zero-order valence-corrected chi connectivity index (χ0v) is 12.5. The van der Waals surface area contributed by atoms with Crippen LogP contribution in [0.3, 0.4) is 0 Å². The highest BCUT2D eigenvalue weighted by Gasteiger charge is 2.23. The molecule has 2 nitrogen and oxygen atoms in total. The smallest absolute Gasteiger partial charge is 0.127 e. The molecule has 0 saturated heterocycles. The standard InChI is InChI=1S/C14H14BrNOS/c1-16-13(12-7-10(15)8-18-12)11-4-2-3-9-5-6-17-14(9)11/h2-4,7-8,13,16H,5-6H2,1H3. The van der Waals surface area contributed by atoms with Gasteiger partial charge in [0.05, 0.1) is 12.6 Å². The van der Waals surface area contributed by atoms with Crippen LogP contribution in [-0.4, -0.2) is 13.7 Å². The van der Waals surface area contributed by atoms with Crippen molar-refractivity contribution in [3.05, 3.63) is 50.1 Å². The number of thiophene rings is 1. The zero-order valence-electron chi connectivity index (χ0n) is 10.1. The van der Waals surface area contributed by atoms with Crippen molar-refractivity contribution in [3.8, 4) is 5.75 Å². The van der Waals surface area contributed by atoms with E-state index in [-0.39, 0.29) is 6.04 Å². The molecule has 0 radical (unpaired) electrons. The maximum atomic E-state index is 5.79. The summed E-state index contributed by atoms with van der Waals surface area (Å²) in [5, 5.41) is 5.50. The Labute approximate surface area is 119 Å². The molecule has 1 unspecified atom stereocenters. The fourth-order valence-corrected chi connectivity index (χ4v) is 3.97. The summed E-state index contributed by atoms with van der Waals surface area (Å²) in [6, 6.07) is 8.80. The van der Waals surface area contributed by atoms with E-state index in [1.54, 1.807) is 11.3 Å². The summed E-state index contributed by atoms with van der Waals surface area (Å²) in [7, 11) is 1.99. The summed E-state index contributed by atoms with van der Waals surface area (Å²) in [5.41, 5.74) is 2.56. The second-order valence-electron chi connectivity index (χ2n) is 4.32. The van der Waals surface area contributed by atoms with Gasteiger partial charge in [-0.15, -0.1) is 11.3 Å². The summed E-state index contributed by atoms with van der Waals surface area (Å²) in [5.74, 6) is 1.07. The van der Waals surface area contributed by atoms with Crippen LogP contribution in [0.1, 0.15) is 22.0 Å². The van der Waals surface area contributed by atoms with Crippen LogP contribution < -0.4 is 10.1 Å². The van der Waals surface area contributed by atoms with E-state index in [2.05, 4.69) is 50.9 Å². The van der Waals surface area contributed by atoms with Gasteiger partial charge in [0.25, 0.3) is 0 Å². The highest BCUT2D eigenvalue weighted by Crippen LogP contribution is 2.38. The molecule has 2 heterocycles. The number of hydrogen-bond donors (Lipinski definition) is 1. The predicted molar refractivity (Wildman–Crippen MR) is 78.6 cm³/mol. The molecule has 0 aliphatic carbocycles. The number of benzene rings is 1.